The highest BCUT2D eigenvalue weighted by Crippen LogP contribution is 2.37. The van der Waals surface area contributed by atoms with Crippen molar-refractivity contribution in [1.29, 1.82) is 0 Å². The highest BCUT2D eigenvalue weighted by molar-refractivity contribution is 6.31. The third-order valence-corrected chi connectivity index (χ3v) is 5.54. The summed E-state index contributed by atoms with van der Waals surface area (Å²) in [5.74, 6) is -2.99. The summed E-state index contributed by atoms with van der Waals surface area (Å²) in [4.78, 5) is 24.6. The monoisotopic (exact) mass is 421 g/mol. The number of carbonyl (C=O) groups excluding carboxylic acids is 2. The van der Waals surface area contributed by atoms with Gasteiger partial charge in [-0.3, -0.25) is 14.9 Å². The summed E-state index contributed by atoms with van der Waals surface area (Å²) in [7, 11) is 0. The fraction of sp³-hybridized carbons (Fsp3) is 0.556. The summed E-state index contributed by atoms with van der Waals surface area (Å²) >= 11 is 6.11. The van der Waals surface area contributed by atoms with Gasteiger partial charge in [-0.15, -0.1) is 0 Å². The average molecular weight is 422 g/mol. The van der Waals surface area contributed by atoms with Crippen LogP contribution in [0.2, 0.25) is 5.02 Å². The van der Waals surface area contributed by atoms with Gasteiger partial charge >= 0.3 is 6.18 Å². The van der Waals surface area contributed by atoms with Crippen molar-refractivity contribution >= 4 is 23.4 Å². The summed E-state index contributed by atoms with van der Waals surface area (Å²) in [5, 5.41) is 8.20. The molecular weight excluding hydrogens is 402 g/mol. The number of halogens is 5. The van der Waals surface area contributed by atoms with Crippen molar-refractivity contribution in [3.05, 3.63) is 34.6 Å². The molecule has 0 radical (unpaired) electrons. The zero-order valence-corrected chi connectivity index (χ0v) is 15.5. The second-order valence-electron chi connectivity index (χ2n) is 7.18. The highest BCUT2D eigenvalue weighted by atomic mass is 35.5. The van der Waals surface area contributed by atoms with Crippen molar-refractivity contribution in [2.45, 2.75) is 50.0 Å². The van der Waals surface area contributed by atoms with E-state index in [1.807, 2.05) is 0 Å². The Kier molecular flexibility index (Phi) is 6.14. The quantitative estimate of drug-likeness (QED) is 0.657. The number of benzene rings is 1. The fourth-order valence-electron chi connectivity index (χ4n) is 3.79. The van der Waals surface area contributed by atoms with Crippen LogP contribution in [0.1, 0.15) is 37.3 Å². The van der Waals surface area contributed by atoms with Crippen molar-refractivity contribution in [3.63, 3.8) is 0 Å². The van der Waals surface area contributed by atoms with Gasteiger partial charge in [-0.1, -0.05) is 18.0 Å². The van der Waals surface area contributed by atoms with Gasteiger partial charge in [-0.25, -0.2) is 4.39 Å². The van der Waals surface area contributed by atoms with Gasteiger partial charge < -0.3 is 10.6 Å². The number of amides is 2. The standard InChI is InChI=1S/C18H20ClF4N3O2/c19-13-5-4-10(20)7-12(13)15-16(24-8-14(27)26-15)17(28)25-11-3-1-2-9(6-11)18(21,22)23/h4-5,7,9,11,15-16,24H,1-3,6,8H2,(H,25,28)(H,26,27). The van der Waals surface area contributed by atoms with E-state index in [1.54, 1.807) is 0 Å². The molecule has 4 atom stereocenters. The Labute approximate surface area is 164 Å². The van der Waals surface area contributed by atoms with Crippen LogP contribution in [0.5, 0.6) is 0 Å². The number of rotatable bonds is 3. The van der Waals surface area contributed by atoms with E-state index in [4.69, 9.17) is 11.6 Å². The molecule has 1 saturated heterocycles. The molecule has 2 aliphatic rings. The summed E-state index contributed by atoms with van der Waals surface area (Å²) in [6.45, 7) is -0.142. The minimum Gasteiger partial charge on any atom is -0.352 e. The van der Waals surface area contributed by atoms with Crippen LogP contribution in [0.4, 0.5) is 17.6 Å². The number of hydrogen-bond acceptors (Lipinski definition) is 3. The minimum atomic E-state index is -4.29. The molecular formula is C18H20ClF4N3O2. The largest absolute Gasteiger partial charge is 0.391 e. The van der Waals surface area contributed by atoms with Gasteiger partial charge in [-0.2, -0.15) is 13.2 Å². The molecule has 28 heavy (non-hydrogen) atoms. The summed E-state index contributed by atoms with van der Waals surface area (Å²) in [5.41, 5.74) is 0.221. The fourth-order valence-corrected chi connectivity index (χ4v) is 4.03. The molecule has 1 aliphatic carbocycles. The van der Waals surface area contributed by atoms with E-state index in [2.05, 4.69) is 16.0 Å². The molecule has 10 heteroatoms. The van der Waals surface area contributed by atoms with E-state index < -0.39 is 47.9 Å². The van der Waals surface area contributed by atoms with Gasteiger partial charge in [0, 0.05) is 11.1 Å². The van der Waals surface area contributed by atoms with Crippen LogP contribution < -0.4 is 16.0 Å². The maximum absolute atomic E-state index is 13.7. The van der Waals surface area contributed by atoms with Gasteiger partial charge in [0.15, 0.2) is 0 Å². The summed E-state index contributed by atoms with van der Waals surface area (Å²) in [6.07, 6.45) is -3.61. The van der Waals surface area contributed by atoms with Gasteiger partial charge in [-0.05, 0) is 43.0 Å². The normalized spacial score (nSPS) is 28.5. The Bertz CT molecular complexity index is 759. The van der Waals surface area contributed by atoms with Gasteiger partial charge in [0.25, 0.3) is 0 Å². The third kappa shape index (κ3) is 4.75. The zero-order chi connectivity index (χ0) is 20.5. The Morgan fingerprint density at radius 1 is 1.25 bits per heavy atom. The number of nitrogens with one attached hydrogen (secondary N) is 3. The van der Waals surface area contributed by atoms with E-state index in [1.165, 1.54) is 6.07 Å². The minimum absolute atomic E-state index is 0.0507. The molecule has 1 aromatic rings. The van der Waals surface area contributed by atoms with E-state index in [-0.39, 0.29) is 30.0 Å². The second kappa shape index (κ2) is 8.24. The predicted octanol–water partition coefficient (Wildman–Crippen LogP) is 2.85. The maximum Gasteiger partial charge on any atom is 0.391 e. The molecule has 0 spiro atoms. The molecule has 4 unspecified atom stereocenters. The average Bonchev–Trinajstić information content (AvgIpc) is 2.63. The zero-order valence-electron chi connectivity index (χ0n) is 14.8. The van der Waals surface area contributed by atoms with Crippen LogP contribution in [0.25, 0.3) is 0 Å². The summed E-state index contributed by atoms with van der Waals surface area (Å²) in [6, 6.07) is 1.06. The first-order valence-electron chi connectivity index (χ1n) is 9.00. The van der Waals surface area contributed by atoms with Crippen LogP contribution in [0.15, 0.2) is 18.2 Å². The van der Waals surface area contributed by atoms with E-state index >= 15 is 0 Å². The lowest BCUT2D eigenvalue weighted by molar-refractivity contribution is -0.184. The first-order chi connectivity index (χ1) is 13.1. The van der Waals surface area contributed by atoms with E-state index in [9.17, 15) is 27.2 Å². The third-order valence-electron chi connectivity index (χ3n) is 5.19. The molecule has 0 aromatic heterocycles. The molecule has 1 aliphatic heterocycles. The molecule has 0 bridgehead atoms. The molecule has 1 heterocycles. The maximum atomic E-state index is 13.7. The topological polar surface area (TPSA) is 70.2 Å². The molecule has 3 rings (SSSR count). The molecule has 1 saturated carbocycles. The lowest BCUT2D eigenvalue weighted by Crippen LogP contribution is -2.61. The first kappa shape index (κ1) is 20.9. The van der Waals surface area contributed by atoms with Crippen LogP contribution in [0, 0.1) is 11.7 Å². The van der Waals surface area contributed by atoms with E-state index in [0.717, 1.165) is 12.1 Å². The van der Waals surface area contributed by atoms with Gasteiger partial charge in [0.1, 0.15) is 11.9 Å². The Morgan fingerprint density at radius 3 is 2.71 bits per heavy atom. The van der Waals surface area contributed by atoms with Crippen LogP contribution in [-0.2, 0) is 9.59 Å². The molecule has 3 N–H and O–H groups in total. The van der Waals surface area contributed by atoms with Crippen LogP contribution in [-0.4, -0.2) is 36.6 Å². The lowest BCUT2D eigenvalue weighted by atomic mass is 9.85. The lowest BCUT2D eigenvalue weighted by Gasteiger charge is -2.36. The van der Waals surface area contributed by atoms with E-state index in [0.29, 0.717) is 12.8 Å². The molecule has 5 nitrogen and oxygen atoms in total. The molecule has 154 valence electrons. The van der Waals surface area contributed by atoms with Crippen molar-refractivity contribution in [3.8, 4) is 0 Å². The van der Waals surface area contributed by atoms with Gasteiger partial charge in [0.2, 0.25) is 11.8 Å². The SMILES string of the molecule is O=C1CNC(C(=O)NC2CCCC(C(F)(F)F)C2)C(c2cc(F)ccc2Cl)N1. The van der Waals surface area contributed by atoms with Gasteiger partial charge in [0.05, 0.1) is 18.5 Å². The number of hydrogen-bond donors (Lipinski definition) is 3. The van der Waals surface area contributed by atoms with Crippen LogP contribution in [0.3, 0.4) is 0 Å². The smallest absolute Gasteiger partial charge is 0.352 e. The second-order valence-corrected chi connectivity index (χ2v) is 7.59. The van der Waals surface area contributed by atoms with Crippen molar-refractivity contribution in [2.24, 2.45) is 5.92 Å². The Morgan fingerprint density at radius 2 is 2.00 bits per heavy atom. The first-order valence-corrected chi connectivity index (χ1v) is 9.37. The number of carbonyl (C=O) groups is 2. The summed E-state index contributed by atoms with van der Waals surface area (Å²) < 4.78 is 52.6. The molecule has 2 amide bonds. The Balaban J connectivity index is 1.75. The van der Waals surface area contributed by atoms with Crippen molar-refractivity contribution in [2.75, 3.05) is 6.54 Å². The molecule has 1 aromatic carbocycles. The van der Waals surface area contributed by atoms with Crippen molar-refractivity contribution < 1.29 is 27.2 Å². The van der Waals surface area contributed by atoms with Crippen molar-refractivity contribution in [1.82, 2.24) is 16.0 Å². The van der Waals surface area contributed by atoms with Crippen LogP contribution >= 0.6 is 11.6 Å². The highest BCUT2D eigenvalue weighted by Gasteiger charge is 2.43. The Hall–Kier alpha value is -1.87. The predicted molar refractivity (Wildman–Crippen MR) is 94.0 cm³/mol. The number of alkyl halides is 3. The number of piperazine rings is 1. The molecule has 2 fully saturated rings.